The van der Waals surface area contributed by atoms with Gasteiger partial charge in [0.2, 0.25) is 0 Å². The van der Waals surface area contributed by atoms with Crippen LogP contribution in [0.25, 0.3) is 0 Å². The molecule has 0 radical (unpaired) electrons. The van der Waals surface area contributed by atoms with E-state index >= 15 is 0 Å². The Morgan fingerprint density at radius 1 is 1.00 bits per heavy atom. The Bertz CT molecular complexity index is 26.9. The summed E-state index contributed by atoms with van der Waals surface area (Å²) in [5.41, 5.74) is 0. The van der Waals surface area contributed by atoms with Gasteiger partial charge in [0.15, 0.2) is 0 Å². The van der Waals surface area contributed by atoms with Gasteiger partial charge < -0.3 is 11.6 Å². The molecule has 48 valence electrons. The summed E-state index contributed by atoms with van der Waals surface area (Å²) in [5.74, 6) is 0. The fourth-order valence-corrected chi connectivity index (χ4v) is 0. The molecule has 0 fully saturated rings. The zero-order valence-electron chi connectivity index (χ0n) is 4.77. The van der Waals surface area contributed by atoms with Gasteiger partial charge >= 0.3 is 0 Å². The van der Waals surface area contributed by atoms with Gasteiger partial charge in [-0.25, -0.2) is 0 Å². The van der Waals surface area contributed by atoms with Crippen LogP contribution >= 0.6 is 12.4 Å². The summed E-state index contributed by atoms with van der Waals surface area (Å²) < 4.78 is 0. The number of hydrogen-bond donors (Lipinski definition) is 1. The van der Waals surface area contributed by atoms with Crippen molar-refractivity contribution < 1.29 is 5.48 Å². The smallest absolute Gasteiger partial charge is 0.0470 e. The second kappa shape index (κ2) is 38.3. The highest BCUT2D eigenvalue weighted by Crippen LogP contribution is 1.57. The maximum absolute atomic E-state index is 2.00. The number of allylic oxidation sites excluding steroid dienone is 2. The van der Waals surface area contributed by atoms with Crippen molar-refractivity contribution >= 4 is 12.4 Å². The van der Waals surface area contributed by atoms with Gasteiger partial charge in [0.1, 0.15) is 0 Å². The first-order valence-electron chi connectivity index (χ1n) is 1.49. The van der Waals surface area contributed by atoms with Crippen LogP contribution < -0.4 is 6.15 Å². The van der Waals surface area contributed by atoms with Crippen LogP contribution in [-0.2, 0) is 0 Å². The van der Waals surface area contributed by atoms with Crippen molar-refractivity contribution in [3.63, 3.8) is 0 Å². The van der Waals surface area contributed by atoms with Gasteiger partial charge in [-0.2, -0.15) is 0 Å². The lowest BCUT2D eigenvalue weighted by atomic mass is 10.6. The van der Waals surface area contributed by atoms with Crippen LogP contribution in [0.1, 0.15) is 13.8 Å². The first kappa shape index (κ1) is 28.3. The lowest BCUT2D eigenvalue weighted by molar-refractivity contribution is 0.824. The normalized spacial score (nSPS) is 5.43. The standard InChI is InChI=1S/C4H8.ClH.H3N.H2O/c1-3-4-2;;;/h3-4H,1-2H3;1H;1H3;1H2. The monoisotopic (exact) mass is 127 g/mol. The quantitative estimate of drug-likeness (QED) is 0.491. The van der Waals surface area contributed by atoms with E-state index in [1.54, 1.807) is 0 Å². The second-order valence-electron chi connectivity index (χ2n) is 0.667. The van der Waals surface area contributed by atoms with Crippen molar-refractivity contribution in [3.8, 4) is 0 Å². The third-order valence-electron chi connectivity index (χ3n) is 0.333. The molecule has 0 spiro atoms. The van der Waals surface area contributed by atoms with E-state index in [1.165, 1.54) is 0 Å². The van der Waals surface area contributed by atoms with Crippen molar-refractivity contribution in [2.75, 3.05) is 0 Å². The zero-order chi connectivity index (χ0) is 3.41. The highest BCUT2D eigenvalue weighted by molar-refractivity contribution is 5.85. The molecule has 0 aliphatic carbocycles. The van der Waals surface area contributed by atoms with Crippen LogP contribution in [0.4, 0.5) is 0 Å². The molecule has 0 saturated carbocycles. The molecule has 0 amide bonds. The molecule has 7 heavy (non-hydrogen) atoms. The summed E-state index contributed by atoms with van der Waals surface area (Å²) in [4.78, 5) is 0. The second-order valence-corrected chi connectivity index (χ2v) is 0.667. The highest BCUT2D eigenvalue weighted by Gasteiger charge is 1.34. The molecule has 0 aromatic heterocycles. The molecular weight excluding hydrogens is 114 g/mol. The maximum atomic E-state index is 2.00. The van der Waals surface area contributed by atoms with E-state index in [0.717, 1.165) is 0 Å². The highest BCUT2D eigenvalue weighted by atomic mass is 35.5. The van der Waals surface area contributed by atoms with E-state index in [1.807, 2.05) is 26.0 Å². The predicted molar refractivity (Wildman–Crippen MR) is 36.4 cm³/mol. The van der Waals surface area contributed by atoms with Crippen LogP contribution in [0.3, 0.4) is 0 Å². The van der Waals surface area contributed by atoms with Gasteiger partial charge in [0, 0.05) is 0 Å². The van der Waals surface area contributed by atoms with Crippen LogP contribution in [0.5, 0.6) is 0 Å². The van der Waals surface area contributed by atoms with Crippen molar-refractivity contribution in [1.82, 2.24) is 6.15 Å². The number of hydrogen-bond acceptors (Lipinski definition) is 1. The minimum Gasteiger partial charge on any atom is -0.412 e. The molecule has 5 N–H and O–H groups in total. The first-order chi connectivity index (χ1) is 1.91. The van der Waals surface area contributed by atoms with E-state index in [4.69, 9.17) is 0 Å². The molecular formula is C4H14ClNO. The Labute approximate surface area is 50.9 Å². The zero-order valence-corrected chi connectivity index (χ0v) is 5.59. The number of halogens is 1. The topological polar surface area (TPSA) is 66.5 Å². The molecule has 0 aromatic carbocycles. The Kier molecular flexibility index (Phi) is 155. The van der Waals surface area contributed by atoms with Crippen molar-refractivity contribution in [2.45, 2.75) is 13.8 Å². The molecule has 0 aliphatic heterocycles. The fraction of sp³-hybridized carbons (Fsp3) is 0.500. The summed E-state index contributed by atoms with van der Waals surface area (Å²) in [5, 5.41) is 0. The lowest BCUT2D eigenvalue weighted by Crippen LogP contribution is -1.26. The van der Waals surface area contributed by atoms with Crippen LogP contribution in [0.15, 0.2) is 12.2 Å². The average Bonchev–Trinajstić information content (AvgIpc) is 1.37. The molecule has 0 unspecified atom stereocenters. The number of rotatable bonds is 0. The Hall–Kier alpha value is -0.0500. The molecule has 0 saturated heterocycles. The first-order valence-corrected chi connectivity index (χ1v) is 1.49. The summed E-state index contributed by atoms with van der Waals surface area (Å²) in [6, 6.07) is 0. The molecule has 0 heterocycles. The van der Waals surface area contributed by atoms with Gasteiger partial charge in [0.05, 0.1) is 0 Å². The summed E-state index contributed by atoms with van der Waals surface area (Å²) in [7, 11) is 0. The Morgan fingerprint density at radius 3 is 1.14 bits per heavy atom. The van der Waals surface area contributed by atoms with Gasteiger partial charge in [-0.1, -0.05) is 12.2 Å². The molecule has 0 bridgehead atoms. The predicted octanol–water partition coefficient (Wildman–Crippen LogP) is 1.34. The lowest BCUT2D eigenvalue weighted by Gasteiger charge is -1.49. The van der Waals surface area contributed by atoms with Crippen molar-refractivity contribution in [2.24, 2.45) is 0 Å². The van der Waals surface area contributed by atoms with E-state index in [0.29, 0.717) is 0 Å². The summed E-state index contributed by atoms with van der Waals surface area (Å²) >= 11 is 0. The van der Waals surface area contributed by atoms with Gasteiger partial charge in [-0.05, 0) is 13.8 Å². The third-order valence-corrected chi connectivity index (χ3v) is 0.333. The molecule has 0 atom stereocenters. The molecule has 0 aromatic rings. The molecule has 3 heteroatoms. The summed E-state index contributed by atoms with van der Waals surface area (Å²) in [6.07, 6.45) is 4.00. The molecule has 2 nitrogen and oxygen atoms in total. The maximum Gasteiger partial charge on any atom is -0.0470 e. The van der Waals surface area contributed by atoms with Gasteiger partial charge in [0.25, 0.3) is 0 Å². The summed E-state index contributed by atoms with van der Waals surface area (Å²) in [6.45, 7) is 4.00. The minimum atomic E-state index is 0. The van der Waals surface area contributed by atoms with E-state index < -0.39 is 0 Å². The van der Waals surface area contributed by atoms with Gasteiger partial charge in [-0.3, -0.25) is 0 Å². The molecule has 0 aliphatic rings. The Morgan fingerprint density at radius 2 is 1.14 bits per heavy atom. The van der Waals surface area contributed by atoms with E-state index in [9.17, 15) is 0 Å². The Balaban J connectivity index is -0.0000000150. The molecule has 0 rings (SSSR count). The van der Waals surface area contributed by atoms with E-state index in [-0.39, 0.29) is 24.0 Å². The average molecular weight is 128 g/mol. The van der Waals surface area contributed by atoms with Crippen LogP contribution in [0.2, 0.25) is 0 Å². The van der Waals surface area contributed by atoms with Crippen molar-refractivity contribution in [1.29, 1.82) is 0 Å². The minimum absolute atomic E-state index is 0. The SMILES string of the molecule is CC=CC.Cl.N.O. The third kappa shape index (κ3) is 103. The van der Waals surface area contributed by atoms with E-state index in [2.05, 4.69) is 0 Å². The van der Waals surface area contributed by atoms with Gasteiger partial charge in [-0.15, -0.1) is 12.4 Å². The fourth-order valence-electron chi connectivity index (χ4n) is 0. The van der Waals surface area contributed by atoms with Crippen LogP contribution in [0, 0.1) is 0 Å². The van der Waals surface area contributed by atoms with Crippen molar-refractivity contribution in [3.05, 3.63) is 12.2 Å². The van der Waals surface area contributed by atoms with Crippen LogP contribution in [-0.4, -0.2) is 5.48 Å². The largest absolute Gasteiger partial charge is 0.412 e.